The molecule has 2 aliphatic heterocycles. The highest BCUT2D eigenvalue weighted by atomic mass is 35.5. The molecule has 0 spiro atoms. The highest BCUT2D eigenvalue weighted by Crippen LogP contribution is 2.50. The zero-order valence-electron chi connectivity index (χ0n) is 26.4. The second-order valence-corrected chi connectivity index (χ2v) is 13.7. The van der Waals surface area contributed by atoms with Crippen LogP contribution in [-0.2, 0) is 17.5 Å². The third kappa shape index (κ3) is 5.44. The Bertz CT molecular complexity index is 2350. The molecule has 3 atom stereocenters. The van der Waals surface area contributed by atoms with Crippen molar-refractivity contribution in [1.29, 1.82) is 0 Å². The average Bonchev–Trinajstić information content (AvgIpc) is 3.26. The van der Waals surface area contributed by atoms with E-state index < -0.39 is 69.0 Å². The van der Waals surface area contributed by atoms with Crippen molar-refractivity contribution >= 4 is 51.6 Å². The molecule has 0 radical (unpaired) electrons. The van der Waals surface area contributed by atoms with Crippen LogP contribution in [0.5, 0.6) is 0 Å². The van der Waals surface area contributed by atoms with Crippen molar-refractivity contribution in [3.05, 3.63) is 98.4 Å². The minimum Gasteiger partial charge on any atom is -0.352 e. The van der Waals surface area contributed by atoms with E-state index >= 15 is 17.6 Å². The van der Waals surface area contributed by atoms with Crippen molar-refractivity contribution in [3.63, 3.8) is 0 Å². The molecular formula is C33H27ClF5N7O3S. The number of hydrogen-bond donors (Lipinski definition) is 0. The molecule has 50 heavy (non-hydrogen) atoms. The van der Waals surface area contributed by atoms with Gasteiger partial charge >= 0.3 is 17.6 Å². The fourth-order valence-electron chi connectivity index (χ4n) is 6.95. The van der Waals surface area contributed by atoms with Crippen LogP contribution < -0.4 is 16.3 Å². The predicted octanol–water partition coefficient (Wildman–Crippen LogP) is 5.78. The van der Waals surface area contributed by atoms with Crippen LogP contribution in [0.1, 0.15) is 25.5 Å². The number of alkyl halides is 3. The van der Waals surface area contributed by atoms with Crippen LogP contribution in [0.3, 0.4) is 0 Å². The van der Waals surface area contributed by atoms with Crippen molar-refractivity contribution in [3.8, 4) is 11.1 Å². The van der Waals surface area contributed by atoms with Gasteiger partial charge in [0, 0.05) is 64.6 Å². The van der Waals surface area contributed by atoms with Gasteiger partial charge in [-0.1, -0.05) is 24.2 Å². The number of aromatic nitrogens is 5. The predicted molar refractivity (Wildman–Crippen MR) is 179 cm³/mol. The molecule has 2 aliphatic rings. The number of anilines is 1. The van der Waals surface area contributed by atoms with E-state index in [-0.39, 0.29) is 52.9 Å². The SMILES string of the molecule is C=CC(=O)N1[C@H](C)CN(c2nc(=O)n3c4c(c(-c5cc(Cl)c(F)cc5F)c(C(F)(F)F)cc24)SCC(n2nc4ccccn4c2=O)C3)C[C@@H]1C. The molecule has 0 bridgehead atoms. The van der Waals surface area contributed by atoms with Gasteiger partial charge in [0.05, 0.1) is 28.7 Å². The summed E-state index contributed by atoms with van der Waals surface area (Å²) < 4.78 is 78.8. The van der Waals surface area contributed by atoms with E-state index in [9.17, 15) is 18.8 Å². The molecule has 5 aromatic rings. The summed E-state index contributed by atoms with van der Waals surface area (Å²) in [4.78, 5) is 47.5. The normalized spacial score (nSPS) is 19.6. The van der Waals surface area contributed by atoms with Crippen LogP contribution in [-0.4, -0.2) is 65.5 Å². The third-order valence-electron chi connectivity index (χ3n) is 9.04. The van der Waals surface area contributed by atoms with Crippen LogP contribution in [0.15, 0.2) is 69.7 Å². The van der Waals surface area contributed by atoms with Gasteiger partial charge < -0.3 is 9.80 Å². The summed E-state index contributed by atoms with van der Waals surface area (Å²) in [5, 5.41) is 3.76. The lowest BCUT2D eigenvalue weighted by Gasteiger charge is -2.44. The smallest absolute Gasteiger partial charge is 0.352 e. The summed E-state index contributed by atoms with van der Waals surface area (Å²) in [7, 11) is 0. The lowest BCUT2D eigenvalue weighted by Crippen LogP contribution is -2.58. The minimum absolute atomic E-state index is 0.0251. The van der Waals surface area contributed by atoms with E-state index in [4.69, 9.17) is 11.6 Å². The Balaban J connectivity index is 1.52. The van der Waals surface area contributed by atoms with Gasteiger partial charge in [-0.05, 0) is 44.2 Å². The van der Waals surface area contributed by atoms with Gasteiger partial charge in [-0.2, -0.15) is 18.2 Å². The minimum atomic E-state index is -5.06. The van der Waals surface area contributed by atoms with Gasteiger partial charge in [0.15, 0.2) is 5.65 Å². The molecule has 10 nitrogen and oxygen atoms in total. The van der Waals surface area contributed by atoms with E-state index in [1.54, 1.807) is 41.8 Å². The maximum Gasteiger partial charge on any atom is 0.417 e. The first-order valence-electron chi connectivity index (χ1n) is 15.4. The Morgan fingerprint density at radius 1 is 1.06 bits per heavy atom. The fraction of sp³-hybridized carbons (Fsp3) is 0.303. The Morgan fingerprint density at radius 3 is 2.44 bits per heavy atom. The molecule has 1 fully saturated rings. The molecule has 7 rings (SSSR count). The van der Waals surface area contributed by atoms with Crippen molar-refractivity contribution in [2.45, 2.75) is 49.6 Å². The largest absolute Gasteiger partial charge is 0.417 e. The Hall–Kier alpha value is -4.70. The van der Waals surface area contributed by atoms with Crippen LogP contribution >= 0.6 is 23.4 Å². The molecule has 5 heterocycles. The summed E-state index contributed by atoms with van der Waals surface area (Å²) in [6, 6.07) is 5.22. The number of thioether (sulfide) groups is 1. The number of carbonyl (C=O) groups excluding carboxylic acids is 1. The number of rotatable bonds is 4. The van der Waals surface area contributed by atoms with E-state index in [0.717, 1.165) is 23.9 Å². The number of benzene rings is 2. The molecule has 3 aromatic heterocycles. The van der Waals surface area contributed by atoms with E-state index in [2.05, 4.69) is 16.7 Å². The lowest BCUT2D eigenvalue weighted by molar-refractivity contribution is -0.137. The van der Waals surface area contributed by atoms with E-state index in [1.165, 1.54) is 25.9 Å². The topological polar surface area (TPSA) is 97.7 Å². The maximum absolute atomic E-state index is 15.5. The van der Waals surface area contributed by atoms with Crippen LogP contribution in [0.2, 0.25) is 5.02 Å². The van der Waals surface area contributed by atoms with Gasteiger partial charge in [0.1, 0.15) is 17.5 Å². The number of hydrogen-bond acceptors (Lipinski definition) is 7. The third-order valence-corrected chi connectivity index (χ3v) is 10.6. The van der Waals surface area contributed by atoms with Gasteiger partial charge in [-0.3, -0.25) is 13.8 Å². The van der Waals surface area contributed by atoms with E-state index in [0.29, 0.717) is 11.7 Å². The number of pyridine rings is 1. The van der Waals surface area contributed by atoms with Crippen LogP contribution in [0, 0.1) is 11.6 Å². The van der Waals surface area contributed by atoms with Gasteiger partial charge in [0.25, 0.3) is 0 Å². The molecule has 1 unspecified atom stereocenters. The Morgan fingerprint density at radius 2 is 1.78 bits per heavy atom. The Kier molecular flexibility index (Phi) is 8.28. The number of nitrogens with zero attached hydrogens (tertiary/aromatic N) is 7. The maximum atomic E-state index is 15.5. The lowest BCUT2D eigenvalue weighted by atomic mass is 9.95. The summed E-state index contributed by atoms with van der Waals surface area (Å²) >= 11 is 6.88. The summed E-state index contributed by atoms with van der Waals surface area (Å²) in [6.45, 7) is 7.13. The molecule has 17 heteroatoms. The van der Waals surface area contributed by atoms with Crippen LogP contribution in [0.4, 0.5) is 27.8 Å². The summed E-state index contributed by atoms with van der Waals surface area (Å²) in [5.41, 5.74) is -3.53. The zero-order valence-corrected chi connectivity index (χ0v) is 28.0. The average molecular weight is 732 g/mol. The molecular weight excluding hydrogens is 705 g/mol. The van der Waals surface area contributed by atoms with Crippen molar-refractivity contribution in [2.75, 3.05) is 23.7 Å². The molecule has 1 saturated heterocycles. The molecule has 0 N–H and O–H groups in total. The zero-order chi connectivity index (χ0) is 35.8. The number of fused-ring (bicyclic) bond motifs is 1. The van der Waals surface area contributed by atoms with Crippen LogP contribution in [0.25, 0.3) is 27.7 Å². The first-order valence-corrected chi connectivity index (χ1v) is 16.8. The molecule has 2 aromatic carbocycles. The standard InChI is InChI=1S/C33H27ClF5N7O3S/c1-4-26(47)45-16(2)12-42(13-17(45)3)30-20-9-21(33(37,38)39)27(19-10-22(34)24(36)11-23(19)35)29-28(20)44(31(48)40-30)14-18(15-50-29)46-32(49)43-8-6-5-7-25(43)41-46/h4-11,16-18H,1,12-15H2,2-3H3/t16-,17+,18?. The molecule has 0 aliphatic carbocycles. The number of halogens is 6. The molecule has 260 valence electrons. The summed E-state index contributed by atoms with van der Waals surface area (Å²) in [5.74, 6) is -2.88. The first kappa shape index (κ1) is 33.8. The number of carbonyl (C=O) groups is 1. The molecule has 0 saturated carbocycles. The second-order valence-electron chi connectivity index (χ2n) is 12.3. The number of amides is 1. The second kappa shape index (κ2) is 12.3. The summed E-state index contributed by atoms with van der Waals surface area (Å²) in [6.07, 6.45) is -2.37. The van der Waals surface area contributed by atoms with Crippen molar-refractivity contribution in [2.24, 2.45) is 0 Å². The monoisotopic (exact) mass is 731 g/mol. The van der Waals surface area contributed by atoms with Gasteiger partial charge in [-0.15, -0.1) is 16.9 Å². The van der Waals surface area contributed by atoms with E-state index in [1.807, 2.05) is 0 Å². The number of piperazine rings is 1. The van der Waals surface area contributed by atoms with Crippen molar-refractivity contribution < 1.29 is 26.7 Å². The Labute approximate surface area is 289 Å². The highest BCUT2D eigenvalue weighted by molar-refractivity contribution is 7.99. The molecule has 1 amide bonds. The van der Waals surface area contributed by atoms with Crippen molar-refractivity contribution in [1.82, 2.24) is 28.6 Å². The fourth-order valence-corrected chi connectivity index (χ4v) is 8.44. The first-order chi connectivity index (χ1) is 23.7. The van der Waals surface area contributed by atoms with Gasteiger partial charge in [0.2, 0.25) is 5.91 Å². The quantitative estimate of drug-likeness (QED) is 0.131. The highest BCUT2D eigenvalue weighted by Gasteiger charge is 2.41. The van der Waals surface area contributed by atoms with Gasteiger partial charge in [-0.25, -0.2) is 23.1 Å².